The Kier molecular flexibility index (Phi) is 3.54. The second-order valence-corrected chi connectivity index (χ2v) is 4.17. The van der Waals surface area contributed by atoms with Crippen molar-refractivity contribution in [3.05, 3.63) is 42.0 Å². The van der Waals surface area contributed by atoms with E-state index in [2.05, 4.69) is 17.1 Å². The van der Waals surface area contributed by atoms with E-state index in [9.17, 15) is 0 Å². The van der Waals surface area contributed by atoms with Crippen molar-refractivity contribution in [3.63, 3.8) is 0 Å². The molecule has 2 aromatic rings. The Balaban J connectivity index is 2.43. The molecule has 0 radical (unpaired) electrons. The largest absolute Gasteiger partial charge is 0.321 e. The third-order valence-electron chi connectivity index (χ3n) is 2.80. The maximum atomic E-state index is 6.13. The highest BCUT2D eigenvalue weighted by molar-refractivity contribution is 5.34. The minimum absolute atomic E-state index is 0.0543. The van der Waals surface area contributed by atoms with Gasteiger partial charge in [0.2, 0.25) is 0 Å². The Labute approximate surface area is 101 Å². The van der Waals surface area contributed by atoms with Crippen molar-refractivity contribution < 1.29 is 0 Å². The van der Waals surface area contributed by atoms with Crippen molar-refractivity contribution in [1.29, 1.82) is 0 Å². The van der Waals surface area contributed by atoms with E-state index in [0.717, 1.165) is 30.2 Å². The topological polar surface area (TPSA) is 56.7 Å². The molecular weight excluding hydrogens is 212 g/mol. The number of nitrogens with zero attached hydrogens (tertiary/aromatic N) is 3. The normalized spacial score (nSPS) is 12.6. The Morgan fingerprint density at radius 1 is 1.24 bits per heavy atom. The van der Waals surface area contributed by atoms with Gasteiger partial charge in [-0.1, -0.05) is 31.5 Å². The zero-order valence-corrected chi connectivity index (χ0v) is 10.3. The molecule has 0 aliphatic carbocycles. The molecule has 0 fully saturated rings. The van der Waals surface area contributed by atoms with E-state index in [1.807, 2.05) is 41.8 Å². The lowest BCUT2D eigenvalue weighted by atomic mass is 10.1. The number of benzene rings is 1. The summed E-state index contributed by atoms with van der Waals surface area (Å²) in [6.45, 7) is 4.07. The Hall–Kier alpha value is -1.68. The average molecular weight is 230 g/mol. The molecule has 0 unspecified atom stereocenters. The maximum Gasteiger partial charge on any atom is 0.154 e. The van der Waals surface area contributed by atoms with E-state index < -0.39 is 0 Å². The second-order valence-electron chi connectivity index (χ2n) is 4.17. The second kappa shape index (κ2) is 5.10. The summed E-state index contributed by atoms with van der Waals surface area (Å²) in [5.74, 6) is 1.72. The lowest BCUT2D eigenvalue weighted by molar-refractivity contribution is 0.589. The van der Waals surface area contributed by atoms with Crippen LogP contribution in [-0.2, 0) is 0 Å². The van der Waals surface area contributed by atoms with Gasteiger partial charge in [0.15, 0.2) is 5.82 Å². The number of hydrogen-bond acceptors (Lipinski definition) is 3. The Morgan fingerprint density at radius 2 is 1.94 bits per heavy atom. The number of aromatic nitrogens is 3. The number of hydrogen-bond donors (Lipinski definition) is 1. The van der Waals surface area contributed by atoms with Crippen LogP contribution in [0.4, 0.5) is 0 Å². The highest BCUT2D eigenvalue weighted by Crippen LogP contribution is 2.19. The van der Waals surface area contributed by atoms with Crippen molar-refractivity contribution in [2.24, 2.45) is 5.73 Å². The Bertz CT molecular complexity index is 475. The molecule has 0 aliphatic rings. The van der Waals surface area contributed by atoms with Gasteiger partial charge >= 0.3 is 0 Å². The molecule has 0 amide bonds. The van der Waals surface area contributed by atoms with Crippen molar-refractivity contribution in [1.82, 2.24) is 14.8 Å². The maximum absolute atomic E-state index is 6.13. The summed E-state index contributed by atoms with van der Waals surface area (Å²) in [7, 11) is 0. The minimum atomic E-state index is -0.0543. The number of aryl methyl sites for hydroxylation is 1. The first kappa shape index (κ1) is 11.8. The van der Waals surface area contributed by atoms with Crippen LogP contribution in [0.3, 0.4) is 0 Å². The van der Waals surface area contributed by atoms with E-state index in [0.29, 0.717) is 0 Å². The number of rotatable bonds is 4. The van der Waals surface area contributed by atoms with Gasteiger partial charge in [0.25, 0.3) is 0 Å². The molecule has 0 bridgehead atoms. The van der Waals surface area contributed by atoms with E-state index >= 15 is 0 Å². The highest BCUT2D eigenvalue weighted by Gasteiger charge is 2.16. The number of para-hydroxylation sites is 1. The van der Waals surface area contributed by atoms with Crippen LogP contribution in [0.1, 0.15) is 37.5 Å². The predicted molar refractivity (Wildman–Crippen MR) is 67.9 cm³/mol. The summed E-state index contributed by atoms with van der Waals surface area (Å²) < 4.78 is 2.03. The predicted octanol–water partition coefficient (Wildman–Crippen LogP) is 2.38. The first-order valence-corrected chi connectivity index (χ1v) is 5.97. The Morgan fingerprint density at radius 3 is 2.59 bits per heavy atom. The van der Waals surface area contributed by atoms with Crippen LogP contribution in [0.25, 0.3) is 5.69 Å². The third kappa shape index (κ3) is 2.36. The summed E-state index contributed by atoms with van der Waals surface area (Å²) in [5.41, 5.74) is 7.20. The van der Waals surface area contributed by atoms with E-state index in [-0.39, 0.29) is 6.04 Å². The molecule has 2 N–H and O–H groups in total. The summed E-state index contributed by atoms with van der Waals surface area (Å²) in [4.78, 5) is 0. The lowest BCUT2D eigenvalue weighted by Crippen LogP contribution is -2.16. The fraction of sp³-hybridized carbons (Fsp3) is 0.385. The molecule has 0 spiro atoms. The SMILES string of the molecule is CCC[C@H](N)c1nnc(C)n1-c1ccccc1. The molecule has 17 heavy (non-hydrogen) atoms. The first-order valence-electron chi connectivity index (χ1n) is 5.97. The molecule has 0 saturated carbocycles. The fourth-order valence-electron chi connectivity index (χ4n) is 1.96. The van der Waals surface area contributed by atoms with Crippen molar-refractivity contribution in [2.45, 2.75) is 32.7 Å². The molecule has 1 aromatic heterocycles. The molecule has 1 atom stereocenters. The summed E-state index contributed by atoms with van der Waals surface area (Å²) in [6, 6.07) is 10.0. The van der Waals surface area contributed by atoms with Gasteiger partial charge in [-0.25, -0.2) is 0 Å². The fourth-order valence-corrected chi connectivity index (χ4v) is 1.96. The summed E-state index contributed by atoms with van der Waals surface area (Å²) in [5, 5.41) is 8.33. The molecule has 0 saturated heterocycles. The zero-order chi connectivity index (χ0) is 12.3. The van der Waals surface area contributed by atoms with Crippen molar-refractivity contribution in [2.75, 3.05) is 0 Å². The van der Waals surface area contributed by atoms with Crippen molar-refractivity contribution >= 4 is 0 Å². The van der Waals surface area contributed by atoms with Gasteiger partial charge < -0.3 is 5.73 Å². The van der Waals surface area contributed by atoms with Crippen LogP contribution >= 0.6 is 0 Å². The van der Waals surface area contributed by atoms with Crippen LogP contribution in [-0.4, -0.2) is 14.8 Å². The van der Waals surface area contributed by atoms with Crippen LogP contribution in [0, 0.1) is 6.92 Å². The van der Waals surface area contributed by atoms with Gasteiger partial charge in [0.05, 0.1) is 6.04 Å². The van der Waals surface area contributed by atoms with Crippen molar-refractivity contribution in [3.8, 4) is 5.69 Å². The molecule has 90 valence electrons. The number of nitrogens with two attached hydrogens (primary N) is 1. The van der Waals surface area contributed by atoms with Gasteiger partial charge in [-0.3, -0.25) is 4.57 Å². The summed E-state index contributed by atoms with van der Waals surface area (Å²) in [6.07, 6.45) is 1.97. The molecule has 0 aliphatic heterocycles. The van der Waals surface area contributed by atoms with Gasteiger partial charge in [-0.15, -0.1) is 10.2 Å². The lowest BCUT2D eigenvalue weighted by Gasteiger charge is -2.13. The summed E-state index contributed by atoms with van der Waals surface area (Å²) >= 11 is 0. The van der Waals surface area contributed by atoms with Crippen LogP contribution in [0.15, 0.2) is 30.3 Å². The molecule has 2 rings (SSSR count). The van der Waals surface area contributed by atoms with Gasteiger partial charge in [-0.2, -0.15) is 0 Å². The quantitative estimate of drug-likeness (QED) is 0.877. The molecule has 1 heterocycles. The van der Waals surface area contributed by atoms with Crippen LogP contribution < -0.4 is 5.73 Å². The highest BCUT2D eigenvalue weighted by atomic mass is 15.3. The smallest absolute Gasteiger partial charge is 0.154 e. The monoisotopic (exact) mass is 230 g/mol. The van der Waals surface area contributed by atoms with E-state index in [4.69, 9.17) is 5.73 Å². The standard InChI is InChI=1S/C13H18N4/c1-3-7-12(14)13-16-15-10(2)17(13)11-8-5-4-6-9-11/h4-6,8-9,12H,3,7,14H2,1-2H3/t12-/m0/s1. The molecule has 1 aromatic carbocycles. The van der Waals surface area contributed by atoms with Gasteiger partial charge in [0, 0.05) is 5.69 Å². The van der Waals surface area contributed by atoms with E-state index in [1.165, 1.54) is 0 Å². The first-order chi connectivity index (χ1) is 8.24. The molecule has 4 nitrogen and oxygen atoms in total. The van der Waals surface area contributed by atoms with Crippen LogP contribution in [0.5, 0.6) is 0 Å². The zero-order valence-electron chi connectivity index (χ0n) is 10.3. The van der Waals surface area contributed by atoms with Gasteiger partial charge in [-0.05, 0) is 25.5 Å². The minimum Gasteiger partial charge on any atom is -0.321 e. The van der Waals surface area contributed by atoms with Crippen LogP contribution in [0.2, 0.25) is 0 Å². The van der Waals surface area contributed by atoms with Gasteiger partial charge in [0.1, 0.15) is 5.82 Å². The molecular formula is C13H18N4. The third-order valence-corrected chi connectivity index (χ3v) is 2.80. The average Bonchev–Trinajstić information content (AvgIpc) is 2.73. The molecule has 4 heteroatoms. The van der Waals surface area contributed by atoms with E-state index in [1.54, 1.807) is 0 Å².